The zero-order valence-electron chi connectivity index (χ0n) is 9.66. The summed E-state index contributed by atoms with van der Waals surface area (Å²) < 4.78 is 27.9. The van der Waals surface area contributed by atoms with Crippen molar-refractivity contribution in [3.8, 4) is 0 Å². The summed E-state index contributed by atoms with van der Waals surface area (Å²) in [4.78, 5) is -0.0786. The van der Waals surface area contributed by atoms with Crippen molar-refractivity contribution in [2.45, 2.75) is 24.9 Å². The van der Waals surface area contributed by atoms with Crippen LogP contribution in [0.2, 0.25) is 0 Å². The van der Waals surface area contributed by atoms with Crippen LogP contribution >= 0.6 is 0 Å². The molecule has 98 valence electrons. The topological polar surface area (TPSA) is 132 Å². The lowest BCUT2D eigenvalue weighted by molar-refractivity contribution is 0.575. The van der Waals surface area contributed by atoms with Gasteiger partial charge < -0.3 is 10.3 Å². The molecule has 0 saturated carbocycles. The Morgan fingerprint density at radius 2 is 2.33 bits per heavy atom. The normalized spacial score (nSPS) is 11.8. The summed E-state index contributed by atoms with van der Waals surface area (Å²) in [5, 5.41) is 13.5. The third kappa shape index (κ3) is 2.33. The van der Waals surface area contributed by atoms with Gasteiger partial charge in [0.2, 0.25) is 10.0 Å². The molecule has 4 N–H and O–H groups in total. The minimum atomic E-state index is -3.70. The summed E-state index contributed by atoms with van der Waals surface area (Å²) >= 11 is 0. The number of anilines is 1. The van der Waals surface area contributed by atoms with E-state index in [9.17, 15) is 8.42 Å². The molecule has 0 saturated heterocycles. The van der Waals surface area contributed by atoms with Crippen LogP contribution in [-0.2, 0) is 23.1 Å². The number of aromatic amines is 1. The van der Waals surface area contributed by atoms with E-state index in [1.165, 1.54) is 6.33 Å². The van der Waals surface area contributed by atoms with Crippen LogP contribution in [0.15, 0.2) is 17.4 Å². The van der Waals surface area contributed by atoms with Crippen LogP contribution < -0.4 is 10.5 Å². The predicted octanol–water partition coefficient (Wildman–Crippen LogP) is -0.918. The van der Waals surface area contributed by atoms with Gasteiger partial charge in [-0.1, -0.05) is 0 Å². The molecule has 0 amide bonds. The maximum Gasteiger partial charge on any atom is 0.246 e. The molecule has 18 heavy (non-hydrogen) atoms. The van der Waals surface area contributed by atoms with Crippen molar-refractivity contribution in [3.05, 3.63) is 18.3 Å². The number of nitrogens with one attached hydrogen (secondary N) is 2. The summed E-state index contributed by atoms with van der Waals surface area (Å²) in [5.41, 5.74) is 5.46. The van der Waals surface area contributed by atoms with Gasteiger partial charge in [-0.2, -0.15) is 5.10 Å². The first-order valence-corrected chi connectivity index (χ1v) is 6.68. The molecule has 0 aliphatic carbocycles. The molecule has 0 unspecified atom stereocenters. The van der Waals surface area contributed by atoms with Crippen molar-refractivity contribution >= 4 is 15.8 Å². The van der Waals surface area contributed by atoms with Crippen molar-refractivity contribution in [2.75, 3.05) is 5.73 Å². The molecule has 2 heterocycles. The van der Waals surface area contributed by atoms with E-state index in [1.807, 2.05) is 6.92 Å². The van der Waals surface area contributed by atoms with E-state index in [4.69, 9.17) is 5.73 Å². The van der Waals surface area contributed by atoms with Crippen LogP contribution in [0.4, 0.5) is 5.82 Å². The molecule has 0 fully saturated rings. The third-order valence-electron chi connectivity index (χ3n) is 2.38. The molecule has 0 bridgehead atoms. The third-order valence-corrected chi connectivity index (χ3v) is 3.81. The fraction of sp³-hybridized carbons (Fsp3) is 0.375. The van der Waals surface area contributed by atoms with Crippen LogP contribution in [0, 0.1) is 0 Å². The first-order chi connectivity index (χ1) is 8.54. The first-order valence-electron chi connectivity index (χ1n) is 5.19. The molecule has 2 aromatic heterocycles. The smallest absolute Gasteiger partial charge is 0.246 e. The summed E-state index contributed by atoms with van der Waals surface area (Å²) in [5.74, 6) is 0.530. The molecular formula is C8H13N7O2S. The van der Waals surface area contributed by atoms with E-state index in [0.717, 1.165) is 6.20 Å². The predicted molar refractivity (Wildman–Crippen MR) is 62.7 cm³/mol. The Bertz CT molecular complexity index is 629. The number of rotatable bonds is 5. The molecule has 0 aliphatic heterocycles. The lowest BCUT2D eigenvalue weighted by Gasteiger charge is -2.06. The number of hydrogen-bond donors (Lipinski definition) is 3. The molecule has 2 aromatic rings. The van der Waals surface area contributed by atoms with E-state index < -0.39 is 10.0 Å². The highest BCUT2D eigenvalue weighted by Gasteiger charge is 2.19. The number of hydrogen-bond acceptors (Lipinski definition) is 6. The zero-order chi connectivity index (χ0) is 13.2. The van der Waals surface area contributed by atoms with Gasteiger partial charge in [-0.3, -0.25) is 5.10 Å². The fourth-order valence-corrected chi connectivity index (χ4v) is 2.42. The Kier molecular flexibility index (Phi) is 3.30. The summed E-state index contributed by atoms with van der Waals surface area (Å²) in [7, 11) is -3.70. The van der Waals surface area contributed by atoms with E-state index in [-0.39, 0.29) is 17.3 Å². The van der Waals surface area contributed by atoms with E-state index in [2.05, 4.69) is 25.1 Å². The van der Waals surface area contributed by atoms with Gasteiger partial charge in [-0.15, -0.1) is 10.2 Å². The first kappa shape index (κ1) is 12.5. The molecular weight excluding hydrogens is 258 g/mol. The number of nitrogens with two attached hydrogens (primary N) is 1. The highest BCUT2D eigenvalue weighted by atomic mass is 32.2. The standard InChI is InChI=1S/C8H13N7O2S/c1-2-15-5-11-13-7(15)4-12-18(16,17)6-3-10-14-8(6)9/h3,5,12H,2,4H2,1H3,(H3,9,10,14). The number of aryl methyl sites for hydroxylation is 1. The van der Waals surface area contributed by atoms with Gasteiger partial charge in [0.15, 0.2) is 0 Å². The Balaban J connectivity index is 2.13. The van der Waals surface area contributed by atoms with Gasteiger partial charge >= 0.3 is 0 Å². The molecule has 2 rings (SSSR count). The Morgan fingerprint density at radius 1 is 1.56 bits per heavy atom. The Morgan fingerprint density at radius 3 is 2.94 bits per heavy atom. The Labute approximate surface area is 103 Å². The SMILES string of the molecule is CCn1cnnc1CNS(=O)(=O)c1cn[nH]c1N. The van der Waals surface area contributed by atoms with Crippen LogP contribution in [-0.4, -0.2) is 33.4 Å². The van der Waals surface area contributed by atoms with E-state index >= 15 is 0 Å². The van der Waals surface area contributed by atoms with Crippen LogP contribution in [0.5, 0.6) is 0 Å². The van der Waals surface area contributed by atoms with Crippen LogP contribution in [0.3, 0.4) is 0 Å². The van der Waals surface area contributed by atoms with Gasteiger partial charge in [-0.05, 0) is 6.92 Å². The Hall–Kier alpha value is -1.94. The largest absolute Gasteiger partial charge is 0.383 e. The quantitative estimate of drug-likeness (QED) is 0.644. The number of nitrogen functional groups attached to an aromatic ring is 1. The second-order valence-corrected chi connectivity index (χ2v) is 5.24. The average molecular weight is 271 g/mol. The second-order valence-electron chi connectivity index (χ2n) is 3.51. The lowest BCUT2D eigenvalue weighted by atomic mass is 10.6. The number of H-pyrrole nitrogens is 1. The van der Waals surface area contributed by atoms with Crippen molar-refractivity contribution in [1.29, 1.82) is 0 Å². The van der Waals surface area contributed by atoms with Crippen molar-refractivity contribution in [2.24, 2.45) is 0 Å². The fourth-order valence-electron chi connectivity index (χ4n) is 1.42. The summed E-state index contributed by atoms with van der Waals surface area (Å²) in [6.07, 6.45) is 2.69. The average Bonchev–Trinajstić information content (AvgIpc) is 2.94. The molecule has 0 aliphatic rings. The van der Waals surface area contributed by atoms with Gasteiger partial charge in [-0.25, -0.2) is 13.1 Å². The molecule has 0 atom stereocenters. The van der Waals surface area contributed by atoms with Crippen molar-refractivity contribution in [1.82, 2.24) is 29.7 Å². The van der Waals surface area contributed by atoms with E-state index in [1.54, 1.807) is 4.57 Å². The number of aromatic nitrogens is 5. The molecule has 9 nitrogen and oxygen atoms in total. The monoisotopic (exact) mass is 271 g/mol. The van der Waals surface area contributed by atoms with Gasteiger partial charge in [0, 0.05) is 6.54 Å². The number of nitrogens with zero attached hydrogens (tertiary/aromatic N) is 4. The van der Waals surface area contributed by atoms with Gasteiger partial charge in [0.05, 0.1) is 12.7 Å². The highest BCUT2D eigenvalue weighted by molar-refractivity contribution is 7.89. The highest BCUT2D eigenvalue weighted by Crippen LogP contribution is 2.13. The molecule has 10 heteroatoms. The number of sulfonamides is 1. The van der Waals surface area contributed by atoms with Gasteiger partial charge in [0.1, 0.15) is 22.9 Å². The summed E-state index contributed by atoms with van der Waals surface area (Å²) in [6.45, 7) is 2.62. The zero-order valence-corrected chi connectivity index (χ0v) is 10.5. The maximum atomic E-state index is 11.9. The van der Waals surface area contributed by atoms with Crippen LogP contribution in [0.25, 0.3) is 0 Å². The van der Waals surface area contributed by atoms with E-state index in [0.29, 0.717) is 12.4 Å². The van der Waals surface area contributed by atoms with Crippen molar-refractivity contribution < 1.29 is 8.42 Å². The second kappa shape index (κ2) is 4.74. The minimum Gasteiger partial charge on any atom is -0.383 e. The van der Waals surface area contributed by atoms with Crippen molar-refractivity contribution in [3.63, 3.8) is 0 Å². The maximum absolute atomic E-state index is 11.9. The molecule has 0 radical (unpaired) electrons. The van der Waals surface area contributed by atoms with Crippen LogP contribution in [0.1, 0.15) is 12.7 Å². The summed E-state index contributed by atoms with van der Waals surface area (Å²) in [6, 6.07) is 0. The lowest BCUT2D eigenvalue weighted by Crippen LogP contribution is -2.25. The molecule has 0 aromatic carbocycles. The molecule has 0 spiro atoms. The van der Waals surface area contributed by atoms with Gasteiger partial charge in [0.25, 0.3) is 0 Å². The minimum absolute atomic E-state index is 0.000502.